The first-order valence-electron chi connectivity index (χ1n) is 18.9. The van der Waals surface area contributed by atoms with Gasteiger partial charge in [-0.25, -0.2) is 0 Å². The Hall–Kier alpha value is -2.32. The second kappa shape index (κ2) is 14.5. The summed E-state index contributed by atoms with van der Waals surface area (Å²) in [4.78, 5) is 19.7. The minimum absolute atomic E-state index is 0.0765. The number of rotatable bonds is 7. The molecule has 0 radical (unpaired) electrons. The van der Waals surface area contributed by atoms with Crippen molar-refractivity contribution < 1.29 is 14.3 Å². The zero-order valence-electron chi connectivity index (χ0n) is 29.4. The first-order chi connectivity index (χ1) is 23.3. The quantitative estimate of drug-likeness (QED) is 0.318. The molecule has 2 N–H and O–H groups in total. The molecule has 48 heavy (non-hydrogen) atoms. The number of likely N-dealkylation sites (tertiary alicyclic amines) is 1. The summed E-state index contributed by atoms with van der Waals surface area (Å²) in [5.74, 6) is 0.814. The van der Waals surface area contributed by atoms with Crippen LogP contribution in [0.5, 0.6) is 0 Å². The zero-order chi connectivity index (χ0) is 33.3. The topological polar surface area (TPSA) is 93.1 Å². The van der Waals surface area contributed by atoms with E-state index < -0.39 is 0 Å². The molecule has 7 atom stereocenters. The zero-order valence-corrected chi connectivity index (χ0v) is 29.4. The van der Waals surface area contributed by atoms with E-state index in [-0.39, 0.29) is 35.6 Å². The van der Waals surface area contributed by atoms with E-state index in [0.29, 0.717) is 50.6 Å². The molecule has 5 fully saturated rings. The Bertz CT molecular complexity index is 1360. The third kappa shape index (κ3) is 6.74. The number of fused-ring (bicyclic) bond motifs is 2. The minimum Gasteiger partial charge on any atom is -0.370 e. The largest absolute Gasteiger partial charge is 0.370 e. The number of aryl methyl sites for hydroxylation is 1. The van der Waals surface area contributed by atoms with Gasteiger partial charge in [-0.05, 0) is 88.6 Å². The lowest BCUT2D eigenvalue weighted by Gasteiger charge is -2.63. The Balaban J connectivity index is 1.23. The highest BCUT2D eigenvalue weighted by molar-refractivity contribution is 5.87. The van der Waals surface area contributed by atoms with E-state index >= 15 is 0 Å². The van der Waals surface area contributed by atoms with Gasteiger partial charge in [0, 0.05) is 43.6 Å². The highest BCUT2D eigenvalue weighted by Gasteiger charge is 2.61. The van der Waals surface area contributed by atoms with Crippen LogP contribution in [0.3, 0.4) is 0 Å². The highest BCUT2D eigenvalue weighted by atomic mass is 16.5. The summed E-state index contributed by atoms with van der Waals surface area (Å²) in [6.45, 7) is 10.5. The molecule has 262 valence electrons. The first kappa shape index (κ1) is 34.1. The van der Waals surface area contributed by atoms with Crippen molar-refractivity contribution in [3.8, 4) is 6.07 Å². The van der Waals surface area contributed by atoms with E-state index in [2.05, 4.69) is 65.3 Å². The molecule has 9 nitrogen and oxygen atoms in total. The van der Waals surface area contributed by atoms with Crippen molar-refractivity contribution in [2.24, 2.45) is 11.8 Å². The smallest absolute Gasteiger partial charge is 0.246 e. The van der Waals surface area contributed by atoms with Gasteiger partial charge in [0.2, 0.25) is 5.91 Å². The van der Waals surface area contributed by atoms with Crippen molar-refractivity contribution in [2.75, 3.05) is 39.8 Å². The van der Waals surface area contributed by atoms with Gasteiger partial charge in [0.15, 0.2) is 6.35 Å². The molecule has 7 rings (SSSR count). The van der Waals surface area contributed by atoms with Gasteiger partial charge in [0.1, 0.15) is 0 Å². The maximum absolute atomic E-state index is 12.8. The summed E-state index contributed by atoms with van der Waals surface area (Å²) >= 11 is 0. The molecule has 6 aliphatic rings. The number of hydrogen-bond acceptors (Lipinski definition) is 8. The Kier molecular flexibility index (Phi) is 10.3. The van der Waals surface area contributed by atoms with Crippen molar-refractivity contribution in [3.63, 3.8) is 0 Å². The lowest BCUT2D eigenvalue weighted by Crippen LogP contribution is -2.79. The summed E-state index contributed by atoms with van der Waals surface area (Å²) in [6, 6.07) is 9.58. The number of piperazine rings is 1. The van der Waals surface area contributed by atoms with Gasteiger partial charge >= 0.3 is 0 Å². The molecule has 1 amide bonds. The molecule has 4 aliphatic heterocycles. The van der Waals surface area contributed by atoms with Crippen molar-refractivity contribution in [1.29, 1.82) is 5.26 Å². The normalized spacial score (nSPS) is 36.6. The number of hydrogen-bond donors (Lipinski definition) is 2. The highest BCUT2D eigenvalue weighted by Crippen LogP contribution is 2.54. The van der Waals surface area contributed by atoms with Gasteiger partial charge in [0.05, 0.1) is 43.5 Å². The predicted octanol–water partition coefficient (Wildman–Crippen LogP) is 4.84. The number of nitrogens with one attached hydrogen (secondary N) is 2. The van der Waals surface area contributed by atoms with E-state index in [4.69, 9.17) is 9.47 Å². The third-order valence-corrected chi connectivity index (χ3v) is 13.1. The number of benzene rings is 1. The summed E-state index contributed by atoms with van der Waals surface area (Å²) < 4.78 is 13.9. The van der Waals surface area contributed by atoms with E-state index in [1.807, 2.05) is 4.90 Å². The van der Waals surface area contributed by atoms with Crippen LogP contribution in [-0.4, -0.2) is 96.2 Å². The maximum Gasteiger partial charge on any atom is 0.246 e. The first-order valence-corrected chi connectivity index (χ1v) is 18.9. The molecule has 9 heteroatoms. The second-order valence-corrected chi connectivity index (χ2v) is 16.0. The van der Waals surface area contributed by atoms with Crippen LogP contribution in [0.25, 0.3) is 0 Å². The van der Waals surface area contributed by atoms with Gasteiger partial charge in [-0.2, -0.15) is 5.26 Å². The lowest BCUT2D eigenvalue weighted by molar-refractivity contribution is -0.193. The number of carbonyl (C=O) groups is 1. The standard InChI is InChI=1S/C39H58N6O3/c1-4-35(46)45-21-20-44(24-32(45)16-18-40)36-34-15-17-38(23-29-14-13-28(2)22-30(29)25-48-38)27-39(34,31-10-7-5-6-8-11-31)42-37(41-36)47-26-33-12-9-19-43(33)3/h4,13-14,22,31-34,36-37,41-42H,1,5-12,15-17,19-21,23-27H2,2-3H3/t32?,33?,34?,36?,37?,38-,39?/m1/s1. The van der Waals surface area contributed by atoms with Gasteiger partial charge in [-0.15, -0.1) is 0 Å². The van der Waals surface area contributed by atoms with Crippen molar-refractivity contribution in [2.45, 2.75) is 133 Å². The average Bonchev–Trinajstić information content (AvgIpc) is 3.31. The molecule has 4 heterocycles. The Morgan fingerprint density at radius 1 is 1.10 bits per heavy atom. The Morgan fingerprint density at radius 3 is 2.69 bits per heavy atom. The van der Waals surface area contributed by atoms with Gasteiger partial charge < -0.3 is 19.3 Å². The van der Waals surface area contributed by atoms with Crippen molar-refractivity contribution >= 4 is 5.91 Å². The summed E-state index contributed by atoms with van der Waals surface area (Å²) in [6.07, 6.45) is 15.6. The van der Waals surface area contributed by atoms with E-state index in [1.54, 1.807) is 0 Å². The van der Waals surface area contributed by atoms with Crippen LogP contribution in [0.4, 0.5) is 0 Å². The Labute approximate surface area is 288 Å². The molecule has 1 spiro atoms. The van der Waals surface area contributed by atoms with Gasteiger partial charge in [0.25, 0.3) is 0 Å². The summed E-state index contributed by atoms with van der Waals surface area (Å²) in [5.41, 5.74) is 3.75. The van der Waals surface area contributed by atoms with Crippen LogP contribution in [0.1, 0.15) is 93.7 Å². The van der Waals surface area contributed by atoms with Crippen LogP contribution in [0.15, 0.2) is 30.9 Å². The molecule has 3 saturated heterocycles. The molecule has 1 aromatic rings. The van der Waals surface area contributed by atoms with Crippen LogP contribution < -0.4 is 10.6 Å². The fourth-order valence-electron chi connectivity index (χ4n) is 10.6. The monoisotopic (exact) mass is 658 g/mol. The number of amides is 1. The fraction of sp³-hybridized carbons (Fsp3) is 0.744. The molecule has 2 saturated carbocycles. The fourth-order valence-corrected chi connectivity index (χ4v) is 10.6. The minimum atomic E-state index is -0.278. The van der Waals surface area contributed by atoms with E-state index in [1.165, 1.54) is 74.1 Å². The number of ether oxygens (including phenoxy) is 2. The summed E-state index contributed by atoms with van der Waals surface area (Å²) in [7, 11) is 2.22. The number of likely N-dealkylation sites (N-methyl/N-ethyl adjacent to an activating group) is 1. The molecule has 0 bridgehead atoms. The second-order valence-electron chi connectivity index (χ2n) is 16.0. The molecule has 6 unspecified atom stereocenters. The molecule has 2 aliphatic carbocycles. The maximum atomic E-state index is 12.8. The van der Waals surface area contributed by atoms with E-state index in [0.717, 1.165) is 38.8 Å². The van der Waals surface area contributed by atoms with E-state index in [9.17, 15) is 10.1 Å². The van der Waals surface area contributed by atoms with Gasteiger partial charge in [-0.1, -0.05) is 56.0 Å². The van der Waals surface area contributed by atoms with Crippen LogP contribution in [-0.2, 0) is 27.3 Å². The van der Waals surface area contributed by atoms with Crippen LogP contribution in [0, 0.1) is 30.1 Å². The Morgan fingerprint density at radius 2 is 1.94 bits per heavy atom. The average molecular weight is 659 g/mol. The number of nitrogens with zero attached hydrogens (tertiary/aromatic N) is 4. The van der Waals surface area contributed by atoms with Crippen LogP contribution in [0.2, 0.25) is 0 Å². The van der Waals surface area contributed by atoms with Crippen molar-refractivity contribution in [3.05, 3.63) is 47.5 Å². The van der Waals surface area contributed by atoms with Gasteiger partial charge in [-0.3, -0.25) is 20.3 Å². The predicted molar refractivity (Wildman–Crippen MR) is 187 cm³/mol. The summed E-state index contributed by atoms with van der Waals surface area (Å²) in [5, 5.41) is 18.0. The van der Waals surface area contributed by atoms with Crippen molar-refractivity contribution in [1.82, 2.24) is 25.3 Å². The molecular weight excluding hydrogens is 600 g/mol. The lowest BCUT2D eigenvalue weighted by atomic mass is 9.56. The SMILES string of the molecule is C=CC(=O)N1CCN(C2NC(OCC3CCCN3C)NC3(C4CCCCCC4)C[C@@]4(CCC23)Cc2ccc(C)cc2CO4)CC1CC#N. The molecule has 0 aromatic heterocycles. The number of carbonyl (C=O) groups excluding carboxylic acids is 1. The van der Waals surface area contributed by atoms with Crippen LogP contribution >= 0.6 is 0 Å². The third-order valence-electron chi connectivity index (χ3n) is 13.1. The molecule has 1 aromatic carbocycles. The number of nitriles is 1. The molecular formula is C39H58N6O3.